The molecule has 0 fully saturated rings. The second-order valence-electron chi connectivity index (χ2n) is 4.57. The summed E-state index contributed by atoms with van der Waals surface area (Å²) in [7, 11) is 1.49. The van der Waals surface area contributed by atoms with E-state index in [0.29, 0.717) is 5.75 Å². The van der Waals surface area contributed by atoms with Crippen molar-refractivity contribution in [2.24, 2.45) is 0 Å². The van der Waals surface area contributed by atoms with Gasteiger partial charge >= 0.3 is 0 Å². The van der Waals surface area contributed by atoms with E-state index in [4.69, 9.17) is 4.74 Å². The molecule has 0 aromatic heterocycles. The molecule has 3 heteroatoms. The van der Waals surface area contributed by atoms with E-state index in [9.17, 15) is 4.79 Å². The van der Waals surface area contributed by atoms with E-state index in [1.807, 2.05) is 37.3 Å². The number of benzene rings is 2. The number of hydrogen-bond donors (Lipinski definition) is 0. The highest BCUT2D eigenvalue weighted by atomic mass is 16.5. The molecule has 0 radical (unpaired) electrons. The fourth-order valence-electron chi connectivity index (χ4n) is 2.16. The first-order chi connectivity index (χ1) is 9.17. The van der Waals surface area contributed by atoms with Crippen LogP contribution in [0.2, 0.25) is 0 Å². The lowest BCUT2D eigenvalue weighted by Crippen LogP contribution is -2.04. The zero-order chi connectivity index (χ0) is 13.4. The molecule has 1 aromatic carbocycles. The summed E-state index contributed by atoms with van der Waals surface area (Å²) in [6, 6.07) is 13.3. The predicted octanol–water partition coefficient (Wildman–Crippen LogP) is 3.02. The van der Waals surface area contributed by atoms with Crippen LogP contribution in [0, 0.1) is 6.92 Å². The third kappa shape index (κ3) is 2.03. The van der Waals surface area contributed by atoms with E-state index in [0.717, 1.165) is 27.7 Å². The van der Waals surface area contributed by atoms with Crippen LogP contribution in [0.3, 0.4) is 0 Å². The number of aryl methyl sites for hydroxylation is 1. The van der Waals surface area contributed by atoms with Gasteiger partial charge in [-0.15, -0.1) is 0 Å². The molecule has 2 aliphatic rings. The molecule has 0 bridgehead atoms. The molecule has 1 aliphatic heterocycles. The number of nitrogens with zero attached hydrogens (tertiary/aromatic N) is 1. The zero-order valence-electron chi connectivity index (χ0n) is 10.8. The third-order valence-corrected chi connectivity index (χ3v) is 3.18. The van der Waals surface area contributed by atoms with Gasteiger partial charge in [0.1, 0.15) is 0 Å². The van der Waals surface area contributed by atoms with Gasteiger partial charge in [-0.2, -0.15) is 0 Å². The van der Waals surface area contributed by atoms with Crippen molar-refractivity contribution in [1.29, 1.82) is 0 Å². The van der Waals surface area contributed by atoms with Gasteiger partial charge in [-0.1, -0.05) is 24.3 Å². The van der Waals surface area contributed by atoms with Gasteiger partial charge in [-0.3, -0.25) is 4.79 Å². The summed E-state index contributed by atoms with van der Waals surface area (Å²) >= 11 is 0. The van der Waals surface area contributed by atoms with Gasteiger partial charge in [0.25, 0.3) is 0 Å². The van der Waals surface area contributed by atoms with Crippen molar-refractivity contribution in [3.05, 3.63) is 58.3 Å². The summed E-state index contributed by atoms with van der Waals surface area (Å²) in [5.74, 6) is 0.326. The molecular weight excluding hydrogens is 238 g/mol. The molecule has 0 saturated heterocycles. The largest absolute Gasteiger partial charge is 0.493 e. The summed E-state index contributed by atoms with van der Waals surface area (Å²) in [4.78, 5) is 16.4. The lowest BCUT2D eigenvalue weighted by molar-refractivity contribution is 0.411. The number of aromatic nitrogens is 1. The summed E-state index contributed by atoms with van der Waals surface area (Å²) in [6.07, 6.45) is 0. The fourth-order valence-corrected chi connectivity index (χ4v) is 2.16. The maximum absolute atomic E-state index is 11.8. The monoisotopic (exact) mass is 251 g/mol. The molecule has 3 rings (SSSR count). The van der Waals surface area contributed by atoms with Crippen LogP contribution < -0.4 is 10.2 Å². The van der Waals surface area contributed by atoms with Crippen LogP contribution >= 0.6 is 0 Å². The summed E-state index contributed by atoms with van der Waals surface area (Å²) in [5, 5.41) is 1.05. The van der Waals surface area contributed by atoms with Gasteiger partial charge in [0.2, 0.25) is 5.43 Å². The Morgan fingerprint density at radius 3 is 2.63 bits per heavy atom. The Bertz CT molecular complexity index is 796. The van der Waals surface area contributed by atoms with Gasteiger partial charge in [-0.05, 0) is 24.6 Å². The zero-order valence-corrected chi connectivity index (χ0v) is 10.8. The summed E-state index contributed by atoms with van der Waals surface area (Å²) in [5.41, 5.74) is 3.53. The minimum Gasteiger partial charge on any atom is -0.493 e. The molecule has 0 spiro atoms. The minimum absolute atomic E-state index is 0.122. The van der Waals surface area contributed by atoms with Crippen LogP contribution in [-0.2, 0) is 0 Å². The van der Waals surface area contributed by atoms with E-state index in [2.05, 4.69) is 4.98 Å². The van der Waals surface area contributed by atoms with Crippen molar-refractivity contribution in [2.75, 3.05) is 7.11 Å². The molecular formula is C16H13NO2. The Kier molecular flexibility index (Phi) is 2.67. The second kappa shape index (κ2) is 4.35. The SMILES string of the molecule is COc1cc2nc3cc(C)ccc3ccc-2cc1=O. The van der Waals surface area contributed by atoms with Gasteiger partial charge in [0, 0.05) is 17.0 Å². The Morgan fingerprint density at radius 1 is 1.05 bits per heavy atom. The molecule has 0 N–H and O–H groups in total. The Hall–Kier alpha value is -2.42. The van der Waals surface area contributed by atoms with Crippen LogP contribution in [0.15, 0.2) is 47.3 Å². The predicted molar refractivity (Wildman–Crippen MR) is 75.9 cm³/mol. The third-order valence-electron chi connectivity index (χ3n) is 3.18. The maximum atomic E-state index is 11.8. The summed E-state index contributed by atoms with van der Waals surface area (Å²) < 4.78 is 5.07. The van der Waals surface area contributed by atoms with E-state index in [-0.39, 0.29) is 5.43 Å². The molecule has 1 aliphatic carbocycles. The lowest BCUT2D eigenvalue weighted by Gasteiger charge is -2.02. The van der Waals surface area contributed by atoms with Gasteiger partial charge < -0.3 is 4.74 Å². The molecule has 3 nitrogen and oxygen atoms in total. The highest BCUT2D eigenvalue weighted by molar-refractivity contribution is 5.82. The number of ether oxygens (including phenoxy) is 1. The molecule has 19 heavy (non-hydrogen) atoms. The normalized spacial score (nSPS) is 10.8. The smallest absolute Gasteiger partial charge is 0.221 e. The average molecular weight is 251 g/mol. The molecule has 94 valence electrons. The van der Waals surface area contributed by atoms with Gasteiger partial charge in [0.15, 0.2) is 5.75 Å². The first-order valence-electron chi connectivity index (χ1n) is 6.07. The van der Waals surface area contributed by atoms with Crippen molar-refractivity contribution in [3.63, 3.8) is 0 Å². The van der Waals surface area contributed by atoms with Crippen molar-refractivity contribution < 1.29 is 4.74 Å². The van der Waals surface area contributed by atoms with Crippen molar-refractivity contribution >= 4 is 10.9 Å². The van der Waals surface area contributed by atoms with Crippen LogP contribution in [-0.4, -0.2) is 12.1 Å². The summed E-state index contributed by atoms with van der Waals surface area (Å²) in [6.45, 7) is 2.03. The van der Waals surface area contributed by atoms with Crippen LogP contribution in [0.5, 0.6) is 5.75 Å². The van der Waals surface area contributed by atoms with E-state index < -0.39 is 0 Å². The maximum Gasteiger partial charge on any atom is 0.221 e. The molecule has 1 heterocycles. The van der Waals surface area contributed by atoms with Crippen molar-refractivity contribution in [3.8, 4) is 17.0 Å². The van der Waals surface area contributed by atoms with Crippen molar-refractivity contribution in [1.82, 2.24) is 4.98 Å². The minimum atomic E-state index is -0.122. The van der Waals surface area contributed by atoms with E-state index in [1.165, 1.54) is 7.11 Å². The van der Waals surface area contributed by atoms with Crippen LogP contribution in [0.25, 0.3) is 22.2 Å². The Labute approximate surface area is 110 Å². The van der Waals surface area contributed by atoms with Gasteiger partial charge in [-0.25, -0.2) is 4.98 Å². The highest BCUT2D eigenvalue weighted by Gasteiger charge is 2.08. The van der Waals surface area contributed by atoms with E-state index >= 15 is 0 Å². The Balaban J connectivity index is 2.41. The van der Waals surface area contributed by atoms with Crippen molar-refractivity contribution in [2.45, 2.75) is 6.92 Å². The highest BCUT2D eigenvalue weighted by Crippen LogP contribution is 2.23. The number of methoxy groups -OCH3 is 1. The average Bonchev–Trinajstić information content (AvgIpc) is 2.56. The fraction of sp³-hybridized carbons (Fsp3) is 0.125. The second-order valence-corrected chi connectivity index (χ2v) is 4.57. The van der Waals surface area contributed by atoms with E-state index in [1.54, 1.807) is 12.1 Å². The van der Waals surface area contributed by atoms with Crippen LogP contribution in [0.1, 0.15) is 5.56 Å². The first-order valence-corrected chi connectivity index (χ1v) is 6.07. The molecule has 0 atom stereocenters. The lowest BCUT2D eigenvalue weighted by atomic mass is 10.1. The number of rotatable bonds is 1. The standard InChI is InChI=1S/C16H13NO2/c1-10-3-4-11-5-6-12-8-15(18)16(19-2)9-14(12)17-13(11)7-10/h3-9H,1-2H3. The molecule has 0 saturated carbocycles. The molecule has 1 aromatic rings. The molecule has 0 amide bonds. The van der Waals surface area contributed by atoms with Gasteiger partial charge in [0.05, 0.1) is 18.3 Å². The number of fused-ring (bicyclic) bond motifs is 2. The Morgan fingerprint density at radius 2 is 1.84 bits per heavy atom. The van der Waals surface area contributed by atoms with Crippen LogP contribution in [0.4, 0.5) is 0 Å². The molecule has 0 unspecified atom stereocenters. The first kappa shape index (κ1) is 11.7. The topological polar surface area (TPSA) is 39.2 Å². The quantitative estimate of drug-likeness (QED) is 0.667. The number of hydrogen-bond acceptors (Lipinski definition) is 3.